The number of para-hydroxylation sites is 1. The molecule has 0 amide bonds. The summed E-state index contributed by atoms with van der Waals surface area (Å²) < 4.78 is 7.79. The third kappa shape index (κ3) is 3.12. The molecule has 1 aliphatic rings. The van der Waals surface area contributed by atoms with E-state index in [2.05, 4.69) is 4.98 Å². The minimum atomic E-state index is -0.383. The van der Waals surface area contributed by atoms with Gasteiger partial charge < -0.3 is 4.42 Å². The van der Waals surface area contributed by atoms with Crippen LogP contribution < -0.4 is 0 Å². The van der Waals surface area contributed by atoms with Crippen LogP contribution in [-0.2, 0) is 0 Å². The van der Waals surface area contributed by atoms with Crippen molar-refractivity contribution in [1.82, 2.24) is 9.55 Å². The molecule has 4 aromatic rings. The van der Waals surface area contributed by atoms with Crippen LogP contribution in [0.4, 0.5) is 0 Å². The number of halogens is 2. The number of carbonyl (C=O) groups is 2. The Morgan fingerprint density at radius 1 is 0.968 bits per heavy atom. The molecule has 31 heavy (non-hydrogen) atoms. The summed E-state index contributed by atoms with van der Waals surface area (Å²) in [5, 5.41) is 0.469. The highest BCUT2D eigenvalue weighted by atomic mass is 35.5. The molecule has 0 atom stereocenters. The zero-order chi connectivity index (χ0) is 21.9. The molecule has 5 rings (SSSR count). The van der Waals surface area contributed by atoms with E-state index in [9.17, 15) is 9.59 Å². The molecule has 0 unspecified atom stereocenters. The van der Waals surface area contributed by atoms with Crippen LogP contribution in [0.1, 0.15) is 52.1 Å². The van der Waals surface area contributed by atoms with Gasteiger partial charge in [0.2, 0.25) is 0 Å². The zero-order valence-corrected chi connectivity index (χ0v) is 18.2. The number of nitrogens with zero attached hydrogens (tertiary/aromatic N) is 2. The predicted molar refractivity (Wildman–Crippen MR) is 121 cm³/mol. The Morgan fingerprint density at radius 3 is 2.16 bits per heavy atom. The van der Waals surface area contributed by atoms with E-state index in [-0.39, 0.29) is 44.2 Å². The fourth-order valence-electron chi connectivity index (χ4n) is 3.71. The van der Waals surface area contributed by atoms with Gasteiger partial charge in [0, 0.05) is 28.8 Å². The number of hydrogen-bond donors (Lipinski definition) is 0. The molecule has 0 aliphatic heterocycles. The van der Waals surface area contributed by atoms with Gasteiger partial charge in [-0.1, -0.05) is 55.2 Å². The molecule has 2 heterocycles. The number of benzene rings is 2. The first-order valence-electron chi connectivity index (χ1n) is 9.73. The highest BCUT2D eigenvalue weighted by molar-refractivity contribution is 6.46. The third-order valence-electron chi connectivity index (χ3n) is 5.24. The number of ketones is 2. The lowest BCUT2D eigenvalue weighted by molar-refractivity contribution is 0.0990. The van der Waals surface area contributed by atoms with Crippen molar-refractivity contribution in [2.45, 2.75) is 19.8 Å². The quantitative estimate of drug-likeness (QED) is 0.263. The highest BCUT2D eigenvalue weighted by Gasteiger charge is 2.34. The number of allylic oxidation sites excluding steroid dienone is 1. The molecule has 0 spiro atoms. The fourth-order valence-corrected chi connectivity index (χ4v) is 4.04. The Bertz CT molecular complexity index is 1370. The lowest BCUT2D eigenvalue weighted by Gasteiger charge is -2.07. The standard InChI is InChI=1S/C24H16Cl2N2O3/c1-12(2)24-27-23-20(31-24)9-14(28(23)13-6-4-3-5-7-13)8-17-21(29)15-10-18(25)19(26)11-16(15)22(17)30/h3-12H,1-2H3. The van der Waals surface area contributed by atoms with Crippen molar-refractivity contribution in [3.05, 3.63) is 86.9 Å². The minimum Gasteiger partial charge on any atom is -0.439 e. The summed E-state index contributed by atoms with van der Waals surface area (Å²) in [6.45, 7) is 4.01. The predicted octanol–water partition coefficient (Wildman–Crippen LogP) is 6.51. The SMILES string of the molecule is CC(C)c1nc2c(cc(C=C3C(=O)c4cc(Cl)c(Cl)cc4C3=O)n2-c2ccccc2)o1. The van der Waals surface area contributed by atoms with Crippen LogP contribution in [0.3, 0.4) is 0 Å². The van der Waals surface area contributed by atoms with Crippen molar-refractivity contribution in [3.63, 3.8) is 0 Å². The van der Waals surface area contributed by atoms with E-state index in [0.29, 0.717) is 22.8 Å². The molecule has 154 valence electrons. The number of Topliss-reactive ketones (excluding diaryl/α,β-unsaturated/α-hetero) is 2. The zero-order valence-electron chi connectivity index (χ0n) is 16.6. The van der Waals surface area contributed by atoms with E-state index in [1.165, 1.54) is 12.1 Å². The Balaban J connectivity index is 1.71. The molecule has 2 aromatic heterocycles. The highest BCUT2D eigenvalue weighted by Crippen LogP contribution is 2.35. The number of hydrogen-bond acceptors (Lipinski definition) is 4. The second-order valence-electron chi connectivity index (χ2n) is 7.66. The van der Waals surface area contributed by atoms with Crippen molar-refractivity contribution in [2.24, 2.45) is 0 Å². The Hall–Kier alpha value is -3.15. The van der Waals surface area contributed by atoms with Crippen molar-refractivity contribution >= 4 is 52.1 Å². The Labute approximate surface area is 187 Å². The van der Waals surface area contributed by atoms with Crippen LogP contribution in [-0.4, -0.2) is 21.1 Å². The second-order valence-corrected chi connectivity index (χ2v) is 8.48. The van der Waals surface area contributed by atoms with Crippen molar-refractivity contribution in [2.75, 3.05) is 0 Å². The molecule has 0 bridgehead atoms. The summed E-state index contributed by atoms with van der Waals surface area (Å²) in [7, 11) is 0. The lowest BCUT2D eigenvalue weighted by Crippen LogP contribution is -2.03. The van der Waals surface area contributed by atoms with Crippen molar-refractivity contribution in [3.8, 4) is 5.69 Å². The topological polar surface area (TPSA) is 65.1 Å². The largest absolute Gasteiger partial charge is 0.439 e. The van der Waals surface area contributed by atoms with E-state index in [1.807, 2.05) is 48.7 Å². The molecule has 0 saturated carbocycles. The summed E-state index contributed by atoms with van der Waals surface area (Å²) in [4.78, 5) is 30.6. The van der Waals surface area contributed by atoms with Crippen LogP contribution in [0.25, 0.3) is 23.0 Å². The molecule has 7 heteroatoms. The first-order chi connectivity index (χ1) is 14.8. The number of oxazole rings is 1. The van der Waals surface area contributed by atoms with Crippen LogP contribution in [0.2, 0.25) is 10.0 Å². The number of rotatable bonds is 3. The second kappa shape index (κ2) is 7.22. The molecule has 0 saturated heterocycles. The van der Waals surface area contributed by atoms with Gasteiger partial charge in [0.15, 0.2) is 28.7 Å². The maximum atomic E-state index is 13.0. The maximum Gasteiger partial charge on any atom is 0.199 e. The monoisotopic (exact) mass is 450 g/mol. The van der Waals surface area contributed by atoms with Crippen molar-refractivity contribution in [1.29, 1.82) is 0 Å². The summed E-state index contributed by atoms with van der Waals surface area (Å²) in [5.74, 6) is -0.0161. The van der Waals surface area contributed by atoms with Gasteiger partial charge in [0.25, 0.3) is 0 Å². The molecule has 0 N–H and O–H groups in total. The smallest absolute Gasteiger partial charge is 0.199 e. The number of carbonyl (C=O) groups excluding carboxylic acids is 2. The van der Waals surface area contributed by atoms with E-state index in [4.69, 9.17) is 27.6 Å². The van der Waals surface area contributed by atoms with Crippen LogP contribution in [0, 0.1) is 0 Å². The first-order valence-corrected chi connectivity index (χ1v) is 10.5. The van der Waals surface area contributed by atoms with Gasteiger partial charge in [-0.05, 0) is 30.3 Å². The van der Waals surface area contributed by atoms with Gasteiger partial charge >= 0.3 is 0 Å². The van der Waals surface area contributed by atoms with Gasteiger partial charge in [-0.2, -0.15) is 4.98 Å². The van der Waals surface area contributed by atoms with E-state index in [1.54, 1.807) is 12.1 Å². The fraction of sp³-hybridized carbons (Fsp3) is 0.125. The molecule has 1 aliphatic carbocycles. The van der Waals surface area contributed by atoms with Crippen LogP contribution >= 0.6 is 23.2 Å². The average Bonchev–Trinajstić information content (AvgIpc) is 3.36. The molecule has 2 aromatic carbocycles. The van der Waals surface area contributed by atoms with Gasteiger partial charge in [-0.15, -0.1) is 0 Å². The molecule has 0 radical (unpaired) electrons. The van der Waals surface area contributed by atoms with Crippen LogP contribution in [0.5, 0.6) is 0 Å². The summed E-state index contributed by atoms with van der Waals surface area (Å²) in [6.07, 6.45) is 1.58. The van der Waals surface area contributed by atoms with E-state index >= 15 is 0 Å². The Kier molecular flexibility index (Phi) is 4.61. The molecular weight excluding hydrogens is 435 g/mol. The normalized spacial score (nSPS) is 13.5. The molecule has 5 nitrogen and oxygen atoms in total. The van der Waals surface area contributed by atoms with Crippen molar-refractivity contribution < 1.29 is 14.0 Å². The molecule has 0 fully saturated rings. The van der Waals surface area contributed by atoms with Crippen LogP contribution in [0.15, 0.2) is 58.5 Å². The van der Waals surface area contributed by atoms with Gasteiger partial charge in [-0.25, -0.2) is 0 Å². The summed E-state index contributed by atoms with van der Waals surface area (Å²) in [5.41, 5.74) is 3.23. The lowest BCUT2D eigenvalue weighted by atomic mass is 10.1. The summed E-state index contributed by atoms with van der Waals surface area (Å²) >= 11 is 12.1. The van der Waals surface area contributed by atoms with E-state index in [0.717, 1.165) is 5.69 Å². The number of fused-ring (bicyclic) bond motifs is 2. The number of aromatic nitrogens is 2. The maximum absolute atomic E-state index is 13.0. The molecular formula is C24H16Cl2N2O3. The first kappa shape index (κ1) is 19.8. The summed E-state index contributed by atoms with van der Waals surface area (Å²) in [6, 6.07) is 14.3. The van der Waals surface area contributed by atoms with E-state index < -0.39 is 0 Å². The van der Waals surface area contributed by atoms with Gasteiger partial charge in [-0.3, -0.25) is 14.2 Å². The Morgan fingerprint density at radius 2 is 1.58 bits per heavy atom. The minimum absolute atomic E-state index is 0.0507. The average molecular weight is 451 g/mol. The van der Waals surface area contributed by atoms with Gasteiger partial charge in [0.1, 0.15) is 0 Å². The third-order valence-corrected chi connectivity index (χ3v) is 5.96. The van der Waals surface area contributed by atoms with Gasteiger partial charge in [0.05, 0.1) is 21.3 Å².